The van der Waals surface area contributed by atoms with Crippen molar-refractivity contribution in [3.63, 3.8) is 0 Å². The Morgan fingerprint density at radius 1 is 1.11 bits per heavy atom. The third-order valence-corrected chi connectivity index (χ3v) is 5.86. The maximum absolute atomic E-state index is 5.79. The van der Waals surface area contributed by atoms with Crippen LogP contribution >= 0.6 is 0 Å². The Morgan fingerprint density at radius 2 is 1.61 bits per heavy atom. The van der Waals surface area contributed by atoms with E-state index in [4.69, 9.17) is 22.8 Å². The highest BCUT2D eigenvalue weighted by Gasteiger charge is 2.42. The summed E-state index contributed by atoms with van der Waals surface area (Å²) in [5, 5.41) is 0. The van der Waals surface area contributed by atoms with Crippen LogP contribution in [0.25, 0.3) is 0 Å². The fraction of sp³-hybridized carbons (Fsp3) is 1.00. The molecule has 6 heteroatoms. The fourth-order valence-electron chi connectivity index (χ4n) is 1.81. The van der Waals surface area contributed by atoms with Gasteiger partial charge in [0.25, 0.3) is 0 Å². The van der Waals surface area contributed by atoms with Gasteiger partial charge in [-0.3, -0.25) is 0 Å². The largest absolute Gasteiger partial charge is 0.503 e. The van der Waals surface area contributed by atoms with Gasteiger partial charge in [0.05, 0.1) is 19.3 Å². The average Bonchev–Trinajstić information content (AvgIpc) is 3.11. The molecule has 18 heavy (non-hydrogen) atoms. The summed E-state index contributed by atoms with van der Waals surface area (Å²) in [5.41, 5.74) is 0. The molecule has 0 aromatic heterocycles. The predicted molar refractivity (Wildman–Crippen MR) is 70.6 cm³/mol. The van der Waals surface area contributed by atoms with Gasteiger partial charge >= 0.3 is 8.80 Å². The van der Waals surface area contributed by atoms with Gasteiger partial charge in [0.15, 0.2) is 0 Å². The summed E-state index contributed by atoms with van der Waals surface area (Å²) in [6.07, 6.45) is 0.348. The van der Waals surface area contributed by atoms with Gasteiger partial charge in [-0.25, -0.2) is 0 Å². The minimum absolute atomic E-state index is 0.0607. The van der Waals surface area contributed by atoms with Gasteiger partial charge < -0.3 is 22.8 Å². The van der Waals surface area contributed by atoms with E-state index in [-0.39, 0.29) is 12.2 Å². The van der Waals surface area contributed by atoms with E-state index in [1.807, 2.05) is 27.7 Å². The monoisotopic (exact) mass is 278 g/mol. The van der Waals surface area contributed by atoms with Crippen molar-refractivity contribution < 1.29 is 22.8 Å². The molecular formula is C12H26O5Si. The topological polar surface area (TPSA) is 49.5 Å². The normalized spacial score (nSPS) is 21.0. The van der Waals surface area contributed by atoms with E-state index in [1.165, 1.54) is 0 Å². The highest BCUT2D eigenvalue weighted by atomic mass is 28.4. The van der Waals surface area contributed by atoms with Crippen molar-refractivity contribution in [3.8, 4) is 0 Å². The van der Waals surface area contributed by atoms with Crippen molar-refractivity contribution in [2.24, 2.45) is 0 Å². The Balaban J connectivity index is 2.44. The number of ether oxygens (including phenoxy) is 2. The van der Waals surface area contributed by atoms with Gasteiger partial charge in [0, 0.05) is 25.9 Å². The van der Waals surface area contributed by atoms with Crippen LogP contribution in [-0.4, -0.2) is 54.0 Å². The second-order valence-corrected chi connectivity index (χ2v) is 6.93. The maximum atomic E-state index is 5.79. The van der Waals surface area contributed by atoms with Crippen molar-refractivity contribution in [2.45, 2.75) is 45.9 Å². The zero-order valence-corrected chi connectivity index (χ0v) is 12.9. The van der Waals surface area contributed by atoms with E-state index < -0.39 is 8.80 Å². The molecule has 0 N–H and O–H groups in total. The van der Waals surface area contributed by atoms with E-state index >= 15 is 0 Å². The number of epoxide rings is 1. The average molecular weight is 278 g/mol. The van der Waals surface area contributed by atoms with E-state index in [2.05, 4.69) is 0 Å². The molecule has 0 spiro atoms. The first-order chi connectivity index (χ1) is 8.65. The smallest absolute Gasteiger partial charge is 0.376 e. The van der Waals surface area contributed by atoms with Crippen LogP contribution in [0.4, 0.5) is 0 Å². The summed E-state index contributed by atoms with van der Waals surface area (Å²) in [6.45, 7) is 11.2. The van der Waals surface area contributed by atoms with Crippen LogP contribution < -0.4 is 0 Å². The van der Waals surface area contributed by atoms with Crippen molar-refractivity contribution in [3.05, 3.63) is 0 Å². The summed E-state index contributed by atoms with van der Waals surface area (Å²) in [5.74, 6) is 0. The molecule has 5 nitrogen and oxygen atoms in total. The Kier molecular flexibility index (Phi) is 7.36. The first kappa shape index (κ1) is 16.1. The standard InChI is InChI=1S/C12H26O5Si/c1-5-15-18(16-6-2,17-7-3)10-11(4)13-8-12-9-14-12/h11-12H,5-10H2,1-4H3. The quantitative estimate of drug-likeness (QED) is 0.426. The first-order valence-corrected chi connectivity index (χ1v) is 8.74. The number of hydrogen-bond donors (Lipinski definition) is 0. The predicted octanol–water partition coefficient (Wildman–Crippen LogP) is 1.84. The van der Waals surface area contributed by atoms with Gasteiger partial charge in [-0.05, 0) is 27.7 Å². The molecule has 1 rings (SSSR count). The SMILES string of the molecule is CCO[Si](CC(C)OCC1CO1)(OCC)OCC. The van der Waals surface area contributed by atoms with Gasteiger partial charge in [-0.2, -0.15) is 0 Å². The molecule has 1 heterocycles. The molecule has 0 radical (unpaired) electrons. The Morgan fingerprint density at radius 3 is 2.00 bits per heavy atom. The highest BCUT2D eigenvalue weighted by molar-refractivity contribution is 6.60. The molecule has 1 aliphatic heterocycles. The van der Waals surface area contributed by atoms with E-state index in [0.717, 1.165) is 6.61 Å². The summed E-state index contributed by atoms with van der Waals surface area (Å²) in [6, 6.07) is 0.690. The fourth-order valence-corrected chi connectivity index (χ4v) is 4.55. The van der Waals surface area contributed by atoms with Crippen molar-refractivity contribution in [1.82, 2.24) is 0 Å². The zero-order valence-electron chi connectivity index (χ0n) is 11.9. The van der Waals surface area contributed by atoms with E-state index in [0.29, 0.717) is 32.5 Å². The molecule has 0 amide bonds. The molecule has 1 saturated heterocycles. The molecule has 2 atom stereocenters. The molecule has 1 aliphatic rings. The molecule has 0 bridgehead atoms. The molecule has 0 aliphatic carbocycles. The lowest BCUT2D eigenvalue weighted by Gasteiger charge is -2.30. The lowest BCUT2D eigenvalue weighted by atomic mass is 10.4. The van der Waals surface area contributed by atoms with Crippen LogP contribution in [0.15, 0.2) is 0 Å². The van der Waals surface area contributed by atoms with Gasteiger partial charge in [-0.1, -0.05) is 0 Å². The van der Waals surface area contributed by atoms with Gasteiger partial charge in [0.1, 0.15) is 6.10 Å². The lowest BCUT2D eigenvalue weighted by molar-refractivity contribution is 0.0280. The molecule has 0 aromatic rings. The minimum atomic E-state index is -2.58. The highest BCUT2D eigenvalue weighted by Crippen LogP contribution is 2.21. The van der Waals surface area contributed by atoms with E-state index in [1.54, 1.807) is 0 Å². The summed E-state index contributed by atoms with van der Waals surface area (Å²) >= 11 is 0. The molecule has 1 fully saturated rings. The molecule has 0 aromatic carbocycles. The molecule has 0 saturated carbocycles. The van der Waals surface area contributed by atoms with Crippen LogP contribution in [-0.2, 0) is 22.8 Å². The lowest BCUT2D eigenvalue weighted by Crippen LogP contribution is -2.48. The third kappa shape index (κ3) is 5.77. The second-order valence-electron chi connectivity index (χ2n) is 4.29. The third-order valence-electron chi connectivity index (χ3n) is 2.60. The Labute approximate surface area is 111 Å². The van der Waals surface area contributed by atoms with Crippen LogP contribution in [0.5, 0.6) is 0 Å². The Bertz CT molecular complexity index is 205. The van der Waals surface area contributed by atoms with Gasteiger partial charge in [-0.15, -0.1) is 0 Å². The zero-order chi connectivity index (χ0) is 13.4. The number of hydrogen-bond acceptors (Lipinski definition) is 5. The molecular weight excluding hydrogens is 252 g/mol. The van der Waals surface area contributed by atoms with Crippen LogP contribution in [0.3, 0.4) is 0 Å². The van der Waals surface area contributed by atoms with E-state index in [9.17, 15) is 0 Å². The maximum Gasteiger partial charge on any atom is 0.503 e. The van der Waals surface area contributed by atoms with Crippen LogP contribution in [0, 0.1) is 0 Å². The van der Waals surface area contributed by atoms with Crippen LogP contribution in [0.1, 0.15) is 27.7 Å². The minimum Gasteiger partial charge on any atom is -0.376 e. The summed E-state index contributed by atoms with van der Waals surface area (Å²) in [4.78, 5) is 0. The van der Waals surface area contributed by atoms with Crippen molar-refractivity contribution in [2.75, 3.05) is 33.0 Å². The van der Waals surface area contributed by atoms with Crippen molar-refractivity contribution in [1.29, 1.82) is 0 Å². The molecule has 2 unspecified atom stereocenters. The van der Waals surface area contributed by atoms with Gasteiger partial charge in [0.2, 0.25) is 0 Å². The Hall–Kier alpha value is 0.0169. The summed E-state index contributed by atoms with van der Waals surface area (Å²) in [7, 11) is -2.58. The second kappa shape index (κ2) is 8.24. The number of rotatable bonds is 11. The van der Waals surface area contributed by atoms with Crippen molar-refractivity contribution >= 4 is 8.80 Å². The van der Waals surface area contributed by atoms with Crippen LogP contribution in [0.2, 0.25) is 6.04 Å². The molecule has 108 valence electrons. The first-order valence-electron chi connectivity index (χ1n) is 6.80. The summed E-state index contributed by atoms with van der Waals surface area (Å²) < 4.78 is 28.2.